The zero-order valence-corrected chi connectivity index (χ0v) is 15.3. The lowest BCUT2D eigenvalue weighted by molar-refractivity contribution is 0.0695. The van der Waals surface area contributed by atoms with Gasteiger partial charge in [0.25, 0.3) is 0 Å². The van der Waals surface area contributed by atoms with Gasteiger partial charge in [0.15, 0.2) is 11.6 Å². The van der Waals surface area contributed by atoms with Crippen LogP contribution < -0.4 is 16.1 Å². The van der Waals surface area contributed by atoms with Gasteiger partial charge < -0.3 is 20.3 Å². The molecule has 2 fully saturated rings. The Morgan fingerprint density at radius 1 is 1.32 bits per heavy atom. The first-order valence-corrected chi connectivity index (χ1v) is 9.62. The highest BCUT2D eigenvalue weighted by atomic mass is 19.1. The molecule has 0 aromatic carbocycles. The number of pyridine rings is 2. The van der Waals surface area contributed by atoms with Crippen LogP contribution in [0.15, 0.2) is 28.7 Å². The lowest BCUT2D eigenvalue weighted by atomic mass is 9.86. The Bertz CT molecular complexity index is 1090. The van der Waals surface area contributed by atoms with Crippen LogP contribution in [-0.2, 0) is 0 Å². The molecule has 2 aromatic rings. The summed E-state index contributed by atoms with van der Waals surface area (Å²) in [4.78, 5) is 30.4. The Morgan fingerprint density at radius 2 is 2.11 bits per heavy atom. The normalized spacial score (nSPS) is 24.4. The molecule has 0 spiro atoms. The first-order chi connectivity index (χ1) is 13.4. The van der Waals surface area contributed by atoms with E-state index in [0.717, 1.165) is 31.7 Å². The second-order valence-corrected chi connectivity index (χ2v) is 7.99. The van der Waals surface area contributed by atoms with Crippen molar-refractivity contribution in [2.24, 2.45) is 11.7 Å². The van der Waals surface area contributed by atoms with E-state index in [1.165, 1.54) is 11.8 Å². The summed E-state index contributed by atoms with van der Waals surface area (Å²) in [6, 6.07) is 1.31. The summed E-state index contributed by atoms with van der Waals surface area (Å²) >= 11 is 0. The molecule has 1 saturated heterocycles. The van der Waals surface area contributed by atoms with E-state index < -0.39 is 17.2 Å². The number of carbonyl (C=O) groups is 1. The molecule has 2 aliphatic carbocycles. The lowest BCUT2D eigenvalue weighted by Crippen LogP contribution is -2.34. The minimum Gasteiger partial charge on any atom is -0.477 e. The van der Waals surface area contributed by atoms with E-state index in [0.29, 0.717) is 18.7 Å². The minimum atomic E-state index is -1.31. The molecular weight excluding hydrogens is 363 g/mol. The number of halogens is 1. The van der Waals surface area contributed by atoms with Gasteiger partial charge in [0.1, 0.15) is 11.2 Å². The fourth-order valence-corrected chi connectivity index (χ4v) is 4.45. The molecule has 2 atom stereocenters. The third-order valence-corrected chi connectivity index (χ3v) is 6.10. The summed E-state index contributed by atoms with van der Waals surface area (Å²) in [6.45, 7) is 1.18. The molecular formula is C20H21FN4O3. The van der Waals surface area contributed by atoms with Crippen molar-refractivity contribution in [1.82, 2.24) is 9.55 Å². The van der Waals surface area contributed by atoms with Crippen LogP contribution in [0.4, 0.5) is 10.2 Å². The maximum absolute atomic E-state index is 15.0. The minimum absolute atomic E-state index is 0.0144. The Labute approximate surface area is 160 Å². The van der Waals surface area contributed by atoms with Gasteiger partial charge in [-0.15, -0.1) is 0 Å². The largest absolute Gasteiger partial charge is 0.477 e. The molecule has 2 aromatic heterocycles. The summed E-state index contributed by atoms with van der Waals surface area (Å²) in [5.74, 6) is -1.52. The second kappa shape index (κ2) is 6.13. The summed E-state index contributed by atoms with van der Waals surface area (Å²) in [7, 11) is 0. The molecule has 1 aliphatic heterocycles. The molecule has 3 N–H and O–H groups in total. The molecule has 5 rings (SSSR count). The van der Waals surface area contributed by atoms with Gasteiger partial charge >= 0.3 is 5.97 Å². The van der Waals surface area contributed by atoms with Crippen LogP contribution in [0, 0.1) is 11.7 Å². The van der Waals surface area contributed by atoms with Crippen LogP contribution >= 0.6 is 0 Å². The third kappa shape index (κ3) is 2.63. The smallest absolute Gasteiger partial charge is 0.341 e. The van der Waals surface area contributed by atoms with Crippen molar-refractivity contribution in [2.45, 2.75) is 37.8 Å². The van der Waals surface area contributed by atoms with E-state index in [1.54, 1.807) is 4.57 Å². The van der Waals surface area contributed by atoms with Crippen molar-refractivity contribution in [1.29, 1.82) is 0 Å². The van der Waals surface area contributed by atoms with Gasteiger partial charge in [0.05, 0.1) is 5.39 Å². The Hall–Kier alpha value is -2.74. The Balaban J connectivity index is 1.65. The van der Waals surface area contributed by atoms with Crippen molar-refractivity contribution in [3.8, 4) is 0 Å². The number of allylic oxidation sites excluding steroid dienone is 1. The van der Waals surface area contributed by atoms with E-state index in [2.05, 4.69) is 11.1 Å². The molecule has 3 aliphatic rings. The second-order valence-electron chi connectivity index (χ2n) is 7.99. The quantitative estimate of drug-likeness (QED) is 0.786. The summed E-state index contributed by atoms with van der Waals surface area (Å²) in [5, 5.41) is 9.35. The number of aromatic nitrogens is 2. The third-order valence-electron chi connectivity index (χ3n) is 6.10. The fraction of sp³-hybridized carbons (Fsp3) is 0.450. The first kappa shape index (κ1) is 17.4. The standard InChI is InChI=1S/C20H21FN4O3/c21-15-6-12-17(26)14(20(27)28)9-25(11-4-5-11)18(12)23-19(15)24-7-10-2-1-3-16(22)13(10)8-24/h2,6,9,11,13,16H,1,3-5,7-8,22H2,(H,27,28)/t13-,16+/m1/s1. The fourth-order valence-electron chi connectivity index (χ4n) is 4.45. The van der Waals surface area contributed by atoms with Crippen LogP contribution in [0.1, 0.15) is 42.1 Å². The molecule has 146 valence electrons. The molecule has 0 radical (unpaired) electrons. The van der Waals surface area contributed by atoms with Gasteiger partial charge in [-0.1, -0.05) is 6.08 Å². The highest BCUT2D eigenvalue weighted by molar-refractivity contribution is 5.92. The van der Waals surface area contributed by atoms with Gasteiger partial charge in [-0.2, -0.15) is 0 Å². The van der Waals surface area contributed by atoms with Crippen LogP contribution in [0.3, 0.4) is 0 Å². The summed E-state index contributed by atoms with van der Waals surface area (Å²) in [6.07, 6.45) is 7.17. The van der Waals surface area contributed by atoms with Crippen molar-refractivity contribution in [3.63, 3.8) is 0 Å². The number of hydrogen-bond acceptors (Lipinski definition) is 5. The van der Waals surface area contributed by atoms with Gasteiger partial charge in [-0.25, -0.2) is 14.2 Å². The number of anilines is 1. The van der Waals surface area contributed by atoms with Crippen molar-refractivity contribution in [2.75, 3.05) is 18.0 Å². The summed E-state index contributed by atoms with van der Waals surface area (Å²) < 4.78 is 16.7. The van der Waals surface area contributed by atoms with Crippen LogP contribution in [0.25, 0.3) is 11.0 Å². The van der Waals surface area contributed by atoms with Crippen LogP contribution in [-0.4, -0.2) is 39.8 Å². The zero-order valence-electron chi connectivity index (χ0n) is 15.3. The average molecular weight is 384 g/mol. The van der Waals surface area contributed by atoms with Crippen LogP contribution in [0.5, 0.6) is 0 Å². The summed E-state index contributed by atoms with van der Waals surface area (Å²) in [5.41, 5.74) is 6.77. The van der Waals surface area contributed by atoms with Gasteiger partial charge in [0, 0.05) is 37.3 Å². The lowest BCUT2D eigenvalue weighted by Gasteiger charge is -2.24. The SMILES string of the molecule is N[C@H]1CCC=C2CN(c3nc4c(cc3F)c(=O)c(C(=O)O)cn4C3CC3)C[C@H]21. The number of carboxylic acids is 1. The van der Waals surface area contributed by atoms with Crippen LogP contribution in [0.2, 0.25) is 0 Å². The molecule has 1 saturated carbocycles. The molecule has 28 heavy (non-hydrogen) atoms. The Morgan fingerprint density at radius 3 is 2.79 bits per heavy atom. The van der Waals surface area contributed by atoms with Crippen molar-refractivity contribution < 1.29 is 14.3 Å². The number of rotatable bonds is 3. The number of carboxylic acid groups (broad SMARTS) is 1. The molecule has 0 amide bonds. The van der Waals surface area contributed by atoms with Gasteiger partial charge in [0.2, 0.25) is 5.43 Å². The first-order valence-electron chi connectivity index (χ1n) is 9.62. The monoisotopic (exact) mass is 384 g/mol. The van der Waals surface area contributed by atoms with E-state index in [-0.39, 0.29) is 34.8 Å². The molecule has 0 unspecified atom stereocenters. The number of fused-ring (bicyclic) bond motifs is 2. The molecule has 8 heteroatoms. The molecule has 3 heterocycles. The van der Waals surface area contributed by atoms with Gasteiger partial charge in [-0.05, 0) is 37.3 Å². The predicted octanol–water partition coefficient (Wildman–Crippen LogP) is 2.05. The average Bonchev–Trinajstić information content (AvgIpc) is 3.40. The number of hydrogen-bond donors (Lipinski definition) is 2. The number of nitrogens with zero attached hydrogens (tertiary/aromatic N) is 3. The Kier molecular flexibility index (Phi) is 3.80. The maximum Gasteiger partial charge on any atom is 0.341 e. The van der Waals surface area contributed by atoms with Crippen molar-refractivity contribution in [3.05, 3.63) is 45.5 Å². The van der Waals surface area contributed by atoms with Crippen molar-refractivity contribution >= 4 is 22.8 Å². The predicted molar refractivity (Wildman–Crippen MR) is 102 cm³/mol. The van der Waals surface area contributed by atoms with Gasteiger partial charge in [-0.3, -0.25) is 4.79 Å². The highest BCUT2D eigenvalue weighted by Gasteiger charge is 2.36. The van der Waals surface area contributed by atoms with E-state index in [1.807, 2.05) is 4.90 Å². The molecule has 0 bridgehead atoms. The van der Waals surface area contributed by atoms with E-state index >= 15 is 0 Å². The number of nitrogens with two attached hydrogens (primary N) is 1. The molecule has 7 nitrogen and oxygen atoms in total. The van der Waals surface area contributed by atoms with E-state index in [9.17, 15) is 19.1 Å². The maximum atomic E-state index is 15.0. The number of aromatic carboxylic acids is 1. The van der Waals surface area contributed by atoms with E-state index in [4.69, 9.17) is 5.73 Å². The topological polar surface area (TPSA) is 101 Å². The zero-order chi connectivity index (χ0) is 19.6. The highest BCUT2D eigenvalue weighted by Crippen LogP contribution is 2.38.